The van der Waals surface area contributed by atoms with Crippen molar-refractivity contribution in [2.24, 2.45) is 0 Å². The second-order valence-electron chi connectivity index (χ2n) is 3.93. The van der Waals surface area contributed by atoms with E-state index < -0.39 is 6.10 Å². The summed E-state index contributed by atoms with van der Waals surface area (Å²) in [6, 6.07) is 9.16. The van der Waals surface area contributed by atoms with E-state index in [4.69, 9.17) is 0 Å². The van der Waals surface area contributed by atoms with Gasteiger partial charge in [-0.1, -0.05) is 24.3 Å². The third kappa shape index (κ3) is 1.99. The van der Waals surface area contributed by atoms with Crippen molar-refractivity contribution in [1.82, 2.24) is 4.90 Å². The normalized spacial score (nSPS) is 22.8. The molecule has 3 heteroatoms. The Morgan fingerprint density at radius 3 is 2.69 bits per heavy atom. The predicted octanol–water partition coefficient (Wildman–Crippen LogP) is 1.45. The fraction of sp³-hybridized carbons (Fsp3) is 0.308. The van der Waals surface area contributed by atoms with Gasteiger partial charge >= 0.3 is 0 Å². The summed E-state index contributed by atoms with van der Waals surface area (Å²) in [7, 11) is 0. The molecule has 0 saturated carbocycles. The summed E-state index contributed by atoms with van der Waals surface area (Å²) in [5.74, 6) is -0.0171. The Morgan fingerprint density at radius 1 is 1.44 bits per heavy atom. The largest absolute Gasteiger partial charge is 0.387 e. The van der Waals surface area contributed by atoms with Gasteiger partial charge < -0.3 is 10.0 Å². The van der Waals surface area contributed by atoms with E-state index in [2.05, 4.69) is 0 Å². The summed E-state index contributed by atoms with van der Waals surface area (Å²) in [6.45, 7) is 2.81. The minimum absolute atomic E-state index is 0.0171. The van der Waals surface area contributed by atoms with Gasteiger partial charge in [-0.2, -0.15) is 0 Å². The fourth-order valence-corrected chi connectivity index (χ4v) is 1.92. The number of aliphatic hydroxyl groups is 1. The first-order valence-electron chi connectivity index (χ1n) is 5.40. The Kier molecular flexibility index (Phi) is 3.06. The maximum atomic E-state index is 12.0. The smallest absolute Gasteiger partial charge is 0.254 e. The number of rotatable bonds is 1. The molecule has 2 rings (SSSR count). The highest BCUT2D eigenvalue weighted by molar-refractivity contribution is 5.94. The molecule has 0 aromatic heterocycles. The van der Waals surface area contributed by atoms with E-state index in [1.807, 2.05) is 31.2 Å². The van der Waals surface area contributed by atoms with E-state index in [0.717, 1.165) is 5.57 Å². The number of amides is 1. The molecule has 1 unspecified atom stereocenters. The molecule has 1 aliphatic heterocycles. The highest BCUT2D eigenvalue weighted by atomic mass is 16.3. The molecule has 84 valence electrons. The lowest BCUT2D eigenvalue weighted by Gasteiger charge is -2.14. The Balaban J connectivity index is 2.14. The SMILES string of the molecule is C/C=C1/CN(C(=O)c2ccccc2)CC1O. The molecule has 1 heterocycles. The molecule has 0 spiro atoms. The number of nitrogens with zero attached hydrogens (tertiary/aromatic N) is 1. The maximum absolute atomic E-state index is 12.0. The van der Waals surface area contributed by atoms with E-state index in [0.29, 0.717) is 18.7 Å². The number of carbonyl (C=O) groups excluding carboxylic acids is 1. The molecule has 0 bridgehead atoms. The molecular formula is C13H15NO2. The van der Waals surface area contributed by atoms with Gasteiger partial charge in [-0.25, -0.2) is 0 Å². The Morgan fingerprint density at radius 2 is 2.12 bits per heavy atom. The Bertz CT molecular complexity index is 411. The monoisotopic (exact) mass is 217 g/mol. The van der Waals surface area contributed by atoms with E-state index >= 15 is 0 Å². The number of carbonyl (C=O) groups is 1. The Labute approximate surface area is 95.0 Å². The highest BCUT2D eigenvalue weighted by Crippen LogP contribution is 2.18. The van der Waals surface area contributed by atoms with Crippen molar-refractivity contribution in [1.29, 1.82) is 0 Å². The van der Waals surface area contributed by atoms with Gasteiger partial charge in [0, 0.05) is 12.1 Å². The van der Waals surface area contributed by atoms with Crippen molar-refractivity contribution in [3.63, 3.8) is 0 Å². The maximum Gasteiger partial charge on any atom is 0.254 e. The molecule has 3 nitrogen and oxygen atoms in total. The molecule has 1 saturated heterocycles. The first-order chi connectivity index (χ1) is 7.72. The molecule has 16 heavy (non-hydrogen) atoms. The molecule has 1 fully saturated rings. The van der Waals surface area contributed by atoms with Gasteiger partial charge in [-0.05, 0) is 24.6 Å². The molecule has 1 atom stereocenters. The number of β-amino-alcohol motifs (C(OH)–C–C–N with tert-alkyl or cyclic N) is 1. The fourth-order valence-electron chi connectivity index (χ4n) is 1.92. The van der Waals surface area contributed by atoms with Crippen LogP contribution in [0.4, 0.5) is 0 Å². The van der Waals surface area contributed by atoms with Crippen LogP contribution in [0.25, 0.3) is 0 Å². The molecule has 1 amide bonds. The third-order valence-electron chi connectivity index (χ3n) is 2.87. The van der Waals surface area contributed by atoms with E-state index in [1.165, 1.54) is 0 Å². The van der Waals surface area contributed by atoms with E-state index in [-0.39, 0.29) is 5.91 Å². The van der Waals surface area contributed by atoms with Crippen molar-refractivity contribution in [2.75, 3.05) is 13.1 Å². The van der Waals surface area contributed by atoms with Crippen LogP contribution in [-0.4, -0.2) is 35.1 Å². The van der Waals surface area contributed by atoms with Gasteiger partial charge in [-0.3, -0.25) is 4.79 Å². The topological polar surface area (TPSA) is 40.5 Å². The minimum atomic E-state index is -0.502. The van der Waals surface area contributed by atoms with Crippen LogP contribution in [0, 0.1) is 0 Å². The predicted molar refractivity (Wildman–Crippen MR) is 62.1 cm³/mol. The van der Waals surface area contributed by atoms with Crippen molar-refractivity contribution in [2.45, 2.75) is 13.0 Å². The lowest BCUT2D eigenvalue weighted by Crippen LogP contribution is -2.29. The van der Waals surface area contributed by atoms with Crippen LogP contribution >= 0.6 is 0 Å². The van der Waals surface area contributed by atoms with Gasteiger partial charge in [0.05, 0.1) is 12.6 Å². The first kappa shape index (κ1) is 10.9. The minimum Gasteiger partial charge on any atom is -0.387 e. The zero-order valence-corrected chi connectivity index (χ0v) is 9.26. The van der Waals surface area contributed by atoms with Gasteiger partial charge in [0.25, 0.3) is 5.91 Å². The molecule has 0 radical (unpaired) electrons. The number of allylic oxidation sites excluding steroid dienone is 1. The van der Waals surface area contributed by atoms with Crippen LogP contribution in [0.5, 0.6) is 0 Å². The zero-order chi connectivity index (χ0) is 11.5. The molecule has 1 aliphatic rings. The number of hydrogen-bond donors (Lipinski definition) is 1. The molecule has 1 aromatic carbocycles. The van der Waals surface area contributed by atoms with Crippen LogP contribution < -0.4 is 0 Å². The molecule has 1 N–H and O–H groups in total. The van der Waals surface area contributed by atoms with Crippen LogP contribution in [0.1, 0.15) is 17.3 Å². The van der Waals surface area contributed by atoms with Crippen LogP contribution in [0.2, 0.25) is 0 Å². The summed E-state index contributed by atoms with van der Waals surface area (Å²) in [4.78, 5) is 13.7. The zero-order valence-electron chi connectivity index (χ0n) is 9.26. The summed E-state index contributed by atoms with van der Waals surface area (Å²) >= 11 is 0. The summed E-state index contributed by atoms with van der Waals surface area (Å²) in [5.41, 5.74) is 1.59. The van der Waals surface area contributed by atoms with E-state index in [1.54, 1.807) is 17.0 Å². The second kappa shape index (κ2) is 4.49. The average Bonchev–Trinajstić information content (AvgIpc) is 2.71. The first-order valence-corrected chi connectivity index (χ1v) is 5.40. The highest BCUT2D eigenvalue weighted by Gasteiger charge is 2.28. The van der Waals surface area contributed by atoms with Gasteiger partial charge in [-0.15, -0.1) is 0 Å². The lowest BCUT2D eigenvalue weighted by atomic mass is 10.2. The van der Waals surface area contributed by atoms with Gasteiger partial charge in [0.1, 0.15) is 0 Å². The molecular weight excluding hydrogens is 202 g/mol. The standard InChI is InChI=1S/C13H15NO2/c1-2-10-8-14(9-12(10)15)13(16)11-6-4-3-5-7-11/h2-7,12,15H,8-9H2,1H3/b10-2-. The average molecular weight is 217 g/mol. The van der Waals surface area contributed by atoms with Gasteiger partial charge in [0.2, 0.25) is 0 Å². The number of benzene rings is 1. The summed E-state index contributed by atoms with van der Waals surface area (Å²) < 4.78 is 0. The van der Waals surface area contributed by atoms with E-state index in [9.17, 15) is 9.90 Å². The number of aliphatic hydroxyl groups excluding tert-OH is 1. The summed E-state index contributed by atoms with van der Waals surface area (Å²) in [6.07, 6.45) is 1.38. The lowest BCUT2D eigenvalue weighted by molar-refractivity contribution is 0.0765. The van der Waals surface area contributed by atoms with Crippen molar-refractivity contribution < 1.29 is 9.90 Å². The second-order valence-corrected chi connectivity index (χ2v) is 3.93. The van der Waals surface area contributed by atoms with Crippen molar-refractivity contribution in [3.8, 4) is 0 Å². The van der Waals surface area contributed by atoms with Crippen LogP contribution in [-0.2, 0) is 0 Å². The third-order valence-corrected chi connectivity index (χ3v) is 2.87. The molecule has 0 aliphatic carbocycles. The number of likely N-dealkylation sites (tertiary alicyclic amines) is 1. The van der Waals surface area contributed by atoms with Crippen molar-refractivity contribution in [3.05, 3.63) is 47.5 Å². The Hall–Kier alpha value is -1.61. The quantitative estimate of drug-likeness (QED) is 0.723. The van der Waals surface area contributed by atoms with Crippen molar-refractivity contribution >= 4 is 5.91 Å². The van der Waals surface area contributed by atoms with Crippen LogP contribution in [0.3, 0.4) is 0 Å². The number of hydrogen-bond acceptors (Lipinski definition) is 2. The summed E-state index contributed by atoms with van der Waals surface area (Å²) in [5, 5.41) is 9.69. The van der Waals surface area contributed by atoms with Gasteiger partial charge in [0.15, 0.2) is 0 Å². The van der Waals surface area contributed by atoms with Crippen LogP contribution in [0.15, 0.2) is 42.0 Å². The molecule has 1 aromatic rings.